The minimum absolute atomic E-state index is 0.0275. The highest BCUT2D eigenvalue weighted by Crippen LogP contribution is 2.14. The van der Waals surface area contributed by atoms with Crippen molar-refractivity contribution in [2.75, 3.05) is 6.61 Å². The molecule has 0 fully saturated rings. The summed E-state index contributed by atoms with van der Waals surface area (Å²) in [4.78, 5) is 12.4. The molecular weight excluding hydrogens is 558 g/mol. The molecule has 0 saturated carbocycles. The maximum atomic E-state index is 12.4. The summed E-state index contributed by atoms with van der Waals surface area (Å²) in [7, 11) is 0. The first-order valence-electron chi connectivity index (χ1n) is 19.6. The highest BCUT2D eigenvalue weighted by Gasteiger charge is 2.21. The predicted molar refractivity (Wildman–Crippen MR) is 195 cm³/mol. The third kappa shape index (κ3) is 32.6. The van der Waals surface area contributed by atoms with E-state index in [4.69, 9.17) is 0 Å². The summed E-state index contributed by atoms with van der Waals surface area (Å²) >= 11 is 0. The number of nitrogens with one attached hydrogen (secondary N) is 1. The van der Waals surface area contributed by atoms with Crippen LogP contribution in [0.4, 0.5) is 0 Å². The zero-order valence-electron chi connectivity index (χ0n) is 30.0. The van der Waals surface area contributed by atoms with Gasteiger partial charge >= 0.3 is 0 Å². The first-order chi connectivity index (χ1) is 22.0. The van der Waals surface area contributed by atoms with Crippen LogP contribution >= 0.6 is 0 Å². The summed E-state index contributed by atoms with van der Waals surface area (Å²) in [6, 6.07) is -0.659. The van der Waals surface area contributed by atoms with Crippen molar-refractivity contribution in [2.45, 2.75) is 218 Å². The van der Waals surface area contributed by atoms with Crippen LogP contribution in [0.15, 0.2) is 24.3 Å². The Labute approximate surface area is 280 Å². The van der Waals surface area contributed by atoms with Crippen molar-refractivity contribution >= 4 is 5.91 Å². The van der Waals surface area contributed by atoms with Gasteiger partial charge in [-0.1, -0.05) is 173 Å². The molecular formula is C40H77NO4. The first kappa shape index (κ1) is 43.8. The lowest BCUT2D eigenvalue weighted by Gasteiger charge is -2.23. The third-order valence-electron chi connectivity index (χ3n) is 9.02. The van der Waals surface area contributed by atoms with Gasteiger partial charge in [0.25, 0.3) is 0 Å². The number of amides is 1. The molecule has 0 rings (SSSR count). The topological polar surface area (TPSA) is 89.8 Å². The van der Waals surface area contributed by atoms with Crippen LogP contribution in [0.2, 0.25) is 0 Å². The minimum atomic E-state index is -0.749. The van der Waals surface area contributed by atoms with Gasteiger partial charge in [-0.15, -0.1) is 0 Å². The van der Waals surface area contributed by atoms with Gasteiger partial charge in [0.15, 0.2) is 0 Å². The molecule has 266 valence electrons. The number of carbonyl (C=O) groups excluding carboxylic acids is 1. The van der Waals surface area contributed by atoms with E-state index in [1.807, 2.05) is 0 Å². The molecule has 0 aliphatic carbocycles. The van der Waals surface area contributed by atoms with Gasteiger partial charge in [0.2, 0.25) is 5.91 Å². The maximum Gasteiger partial charge on any atom is 0.222 e. The van der Waals surface area contributed by atoms with Crippen LogP contribution in [-0.4, -0.2) is 46.1 Å². The fourth-order valence-corrected chi connectivity index (χ4v) is 5.96. The van der Waals surface area contributed by atoms with Crippen molar-refractivity contribution in [2.24, 2.45) is 0 Å². The lowest BCUT2D eigenvalue weighted by Crippen LogP contribution is -2.46. The zero-order chi connectivity index (χ0) is 33.1. The van der Waals surface area contributed by atoms with Crippen LogP contribution in [-0.2, 0) is 4.79 Å². The van der Waals surface area contributed by atoms with Crippen molar-refractivity contribution in [3.05, 3.63) is 24.3 Å². The lowest BCUT2D eigenvalue weighted by atomic mass is 10.0. The van der Waals surface area contributed by atoms with E-state index in [0.29, 0.717) is 12.8 Å². The van der Waals surface area contributed by atoms with E-state index in [2.05, 4.69) is 43.5 Å². The Morgan fingerprint density at radius 2 is 0.956 bits per heavy atom. The standard InChI is InChI=1S/C40H77NO4/c1-3-5-7-9-11-13-14-15-16-17-18-19-20-21-22-23-24-26-27-29-31-33-37(43)35-40(45)41-38(36-42)39(44)34-32-30-28-25-12-10-8-6-4-2/h18-19,21-22,37-39,42-44H,3-17,20,23-36H2,1-2H3,(H,41,45)/b19-18-,22-21-. The van der Waals surface area contributed by atoms with Crippen LogP contribution < -0.4 is 5.32 Å². The lowest BCUT2D eigenvalue weighted by molar-refractivity contribution is -0.125. The summed E-state index contributed by atoms with van der Waals surface area (Å²) in [5.41, 5.74) is 0. The quantitative estimate of drug-likeness (QED) is 0.0412. The molecule has 3 atom stereocenters. The van der Waals surface area contributed by atoms with E-state index in [9.17, 15) is 20.1 Å². The van der Waals surface area contributed by atoms with E-state index in [0.717, 1.165) is 44.9 Å². The Bertz CT molecular complexity index is 665. The molecule has 4 N–H and O–H groups in total. The van der Waals surface area contributed by atoms with Crippen LogP contribution in [0.3, 0.4) is 0 Å². The first-order valence-corrected chi connectivity index (χ1v) is 19.6. The number of rotatable bonds is 35. The molecule has 5 nitrogen and oxygen atoms in total. The number of unbranched alkanes of at least 4 members (excludes halogenated alkanes) is 22. The van der Waals surface area contributed by atoms with Crippen molar-refractivity contribution in [1.82, 2.24) is 5.32 Å². The summed E-state index contributed by atoms with van der Waals surface area (Å²) in [6.07, 6.45) is 41.4. The van der Waals surface area contributed by atoms with Crippen molar-refractivity contribution < 1.29 is 20.1 Å². The predicted octanol–water partition coefficient (Wildman–Crippen LogP) is 10.7. The average Bonchev–Trinajstić information content (AvgIpc) is 3.03. The van der Waals surface area contributed by atoms with Gasteiger partial charge in [0.1, 0.15) is 0 Å². The zero-order valence-corrected chi connectivity index (χ0v) is 30.0. The fourth-order valence-electron chi connectivity index (χ4n) is 5.96. The molecule has 0 aromatic rings. The number of aliphatic hydroxyl groups is 3. The number of carbonyl (C=O) groups is 1. The fraction of sp³-hybridized carbons (Fsp3) is 0.875. The molecule has 0 aromatic carbocycles. The highest BCUT2D eigenvalue weighted by molar-refractivity contribution is 5.76. The summed E-state index contributed by atoms with van der Waals surface area (Å²) in [6.45, 7) is 4.22. The number of hydrogen-bond donors (Lipinski definition) is 4. The molecule has 45 heavy (non-hydrogen) atoms. The van der Waals surface area contributed by atoms with Gasteiger partial charge in [-0.2, -0.15) is 0 Å². The molecule has 0 radical (unpaired) electrons. The normalized spacial score (nSPS) is 14.0. The van der Waals surface area contributed by atoms with Crippen LogP contribution in [0.5, 0.6) is 0 Å². The van der Waals surface area contributed by atoms with Gasteiger partial charge in [-0.25, -0.2) is 0 Å². The molecule has 0 aliphatic rings. The van der Waals surface area contributed by atoms with Gasteiger partial charge in [-0.3, -0.25) is 4.79 Å². The van der Waals surface area contributed by atoms with Gasteiger partial charge in [0, 0.05) is 0 Å². The number of hydrogen-bond acceptors (Lipinski definition) is 4. The van der Waals surface area contributed by atoms with Gasteiger partial charge in [0.05, 0.1) is 31.3 Å². The maximum absolute atomic E-state index is 12.4. The van der Waals surface area contributed by atoms with Crippen LogP contribution in [0, 0.1) is 0 Å². The Morgan fingerprint density at radius 1 is 0.556 bits per heavy atom. The van der Waals surface area contributed by atoms with E-state index in [-0.39, 0.29) is 18.9 Å². The van der Waals surface area contributed by atoms with Crippen LogP contribution in [0.25, 0.3) is 0 Å². The van der Waals surface area contributed by atoms with E-state index in [1.165, 1.54) is 122 Å². The Hall–Kier alpha value is -1.17. The average molecular weight is 636 g/mol. The summed E-state index contributed by atoms with van der Waals surface area (Å²) in [5, 5.41) is 33.1. The van der Waals surface area contributed by atoms with E-state index >= 15 is 0 Å². The largest absolute Gasteiger partial charge is 0.394 e. The Kier molecular flexibility index (Phi) is 34.8. The molecule has 5 heteroatoms. The molecule has 0 aliphatic heterocycles. The molecule has 1 amide bonds. The monoisotopic (exact) mass is 636 g/mol. The van der Waals surface area contributed by atoms with E-state index < -0.39 is 18.2 Å². The smallest absolute Gasteiger partial charge is 0.222 e. The number of allylic oxidation sites excluding steroid dienone is 4. The summed E-state index contributed by atoms with van der Waals surface area (Å²) in [5.74, 6) is -0.294. The summed E-state index contributed by atoms with van der Waals surface area (Å²) < 4.78 is 0. The van der Waals surface area contributed by atoms with E-state index in [1.54, 1.807) is 0 Å². The molecule has 3 unspecified atom stereocenters. The Morgan fingerprint density at radius 3 is 1.40 bits per heavy atom. The molecule has 0 spiro atoms. The molecule has 0 saturated heterocycles. The number of aliphatic hydroxyl groups excluding tert-OH is 3. The molecule has 0 heterocycles. The van der Waals surface area contributed by atoms with Crippen LogP contribution in [0.1, 0.15) is 200 Å². The van der Waals surface area contributed by atoms with Crippen molar-refractivity contribution in [1.29, 1.82) is 0 Å². The second kappa shape index (κ2) is 35.7. The second-order valence-electron chi connectivity index (χ2n) is 13.5. The van der Waals surface area contributed by atoms with Gasteiger partial charge in [-0.05, 0) is 44.9 Å². The molecule has 0 bridgehead atoms. The molecule has 0 aromatic heterocycles. The highest BCUT2D eigenvalue weighted by atomic mass is 16.3. The minimum Gasteiger partial charge on any atom is -0.394 e. The van der Waals surface area contributed by atoms with Crippen molar-refractivity contribution in [3.8, 4) is 0 Å². The SMILES string of the molecule is CCCCCCCCCCC/C=C\C/C=C\CCCCCCCC(O)CC(=O)NC(CO)C(O)CCCCCCCCCCC. The Balaban J connectivity index is 3.65. The second-order valence-corrected chi connectivity index (χ2v) is 13.5. The van der Waals surface area contributed by atoms with Gasteiger partial charge < -0.3 is 20.6 Å². The van der Waals surface area contributed by atoms with Crippen molar-refractivity contribution in [3.63, 3.8) is 0 Å². The third-order valence-corrected chi connectivity index (χ3v) is 9.02.